The van der Waals surface area contributed by atoms with Crippen molar-refractivity contribution in [3.63, 3.8) is 0 Å². The van der Waals surface area contributed by atoms with Gasteiger partial charge in [0.2, 0.25) is 12.1 Å². The van der Waals surface area contributed by atoms with Crippen LogP contribution in [0.1, 0.15) is 46.5 Å². The molecule has 8 atom stereocenters. The second-order valence-electron chi connectivity index (χ2n) is 8.89. The Balaban J connectivity index is 1.48. The van der Waals surface area contributed by atoms with E-state index in [1.165, 1.54) is 6.42 Å². The minimum absolute atomic E-state index is 0.168. The molecule has 148 valence electrons. The van der Waals surface area contributed by atoms with Crippen LogP contribution in [0.25, 0.3) is 0 Å². The summed E-state index contributed by atoms with van der Waals surface area (Å²) in [6, 6.07) is 7.70. The van der Waals surface area contributed by atoms with Crippen molar-refractivity contribution in [2.75, 3.05) is 0 Å². The standard InChI is InChI=1S/C21H28O5S/c1-12-4-9-17-13(2)18(22-14-5-7-15(27)8-6-14)23-19-21(17)16(12)10-11-20(3,24-19)25-26-21/h5-8,12-13,16-19,27H,4,9-11H2,1-3H3/t12-,13-,16+,17+,18+,19-,20+,21-/m1/s1. The zero-order chi connectivity index (χ0) is 18.8. The summed E-state index contributed by atoms with van der Waals surface area (Å²) in [6.45, 7) is 6.46. The van der Waals surface area contributed by atoms with E-state index in [0.29, 0.717) is 11.8 Å². The summed E-state index contributed by atoms with van der Waals surface area (Å²) >= 11 is 4.34. The molecule has 0 N–H and O–H groups in total. The van der Waals surface area contributed by atoms with Gasteiger partial charge in [-0.15, -0.1) is 12.6 Å². The largest absolute Gasteiger partial charge is 0.465 e. The van der Waals surface area contributed by atoms with Crippen molar-refractivity contribution in [3.05, 3.63) is 24.3 Å². The van der Waals surface area contributed by atoms with Gasteiger partial charge in [0.1, 0.15) is 5.75 Å². The molecule has 1 saturated carbocycles. The Morgan fingerprint density at radius 1 is 1.04 bits per heavy atom. The van der Waals surface area contributed by atoms with Crippen LogP contribution in [0.3, 0.4) is 0 Å². The van der Waals surface area contributed by atoms with Crippen LogP contribution in [-0.2, 0) is 19.2 Å². The minimum atomic E-state index is -0.754. The van der Waals surface area contributed by atoms with Gasteiger partial charge < -0.3 is 14.2 Å². The molecule has 0 aromatic heterocycles. The zero-order valence-electron chi connectivity index (χ0n) is 16.1. The highest BCUT2D eigenvalue weighted by molar-refractivity contribution is 7.80. The van der Waals surface area contributed by atoms with Gasteiger partial charge in [-0.1, -0.05) is 13.8 Å². The van der Waals surface area contributed by atoms with Crippen LogP contribution >= 0.6 is 12.6 Å². The van der Waals surface area contributed by atoms with Crippen molar-refractivity contribution in [2.24, 2.45) is 23.7 Å². The predicted molar refractivity (Wildman–Crippen MR) is 101 cm³/mol. The van der Waals surface area contributed by atoms with Gasteiger partial charge in [-0.2, -0.15) is 0 Å². The van der Waals surface area contributed by atoms with Gasteiger partial charge >= 0.3 is 0 Å². The van der Waals surface area contributed by atoms with Crippen LogP contribution in [0, 0.1) is 23.7 Å². The molecule has 5 aliphatic rings. The van der Waals surface area contributed by atoms with Crippen LogP contribution in [-0.4, -0.2) is 24.0 Å². The summed E-state index contributed by atoms with van der Waals surface area (Å²) in [6.07, 6.45) is 3.26. The number of thiol groups is 1. The lowest BCUT2D eigenvalue weighted by Crippen LogP contribution is -2.70. The quantitative estimate of drug-likeness (QED) is 0.590. The van der Waals surface area contributed by atoms with Crippen LogP contribution in [0.4, 0.5) is 0 Å². The second kappa shape index (κ2) is 6.36. The smallest absolute Gasteiger partial charge is 0.205 e. The van der Waals surface area contributed by atoms with E-state index in [1.807, 2.05) is 31.2 Å². The zero-order valence-corrected chi connectivity index (χ0v) is 17.0. The Morgan fingerprint density at radius 3 is 2.59 bits per heavy atom. The molecule has 1 aromatic carbocycles. The van der Waals surface area contributed by atoms with Crippen molar-refractivity contribution in [2.45, 2.75) is 75.3 Å². The molecule has 1 aromatic rings. The normalized spacial score (nSPS) is 48.6. The molecule has 4 saturated heterocycles. The molecule has 4 heterocycles. The van der Waals surface area contributed by atoms with Gasteiger partial charge in [-0.25, -0.2) is 9.78 Å². The number of hydrogen-bond donors (Lipinski definition) is 1. The van der Waals surface area contributed by atoms with Gasteiger partial charge in [0.25, 0.3) is 0 Å². The third-order valence-electron chi connectivity index (χ3n) is 7.19. The first-order chi connectivity index (χ1) is 12.9. The highest BCUT2D eigenvalue weighted by Gasteiger charge is 2.69. The molecule has 0 unspecified atom stereocenters. The van der Waals surface area contributed by atoms with Crippen molar-refractivity contribution < 1.29 is 24.0 Å². The van der Waals surface area contributed by atoms with Gasteiger partial charge in [0, 0.05) is 23.2 Å². The van der Waals surface area contributed by atoms with Crippen molar-refractivity contribution in [1.29, 1.82) is 0 Å². The molecule has 5 fully saturated rings. The Bertz CT molecular complexity index is 711. The van der Waals surface area contributed by atoms with E-state index in [1.54, 1.807) is 0 Å². The molecule has 0 amide bonds. The maximum Gasteiger partial charge on any atom is 0.205 e. The molecule has 2 bridgehead atoms. The van der Waals surface area contributed by atoms with Gasteiger partial charge in [-0.3, -0.25) is 0 Å². The lowest BCUT2D eigenvalue weighted by molar-refractivity contribution is -0.575. The number of ether oxygens (including phenoxy) is 3. The summed E-state index contributed by atoms with van der Waals surface area (Å²) in [5.41, 5.74) is -0.540. The highest BCUT2D eigenvalue weighted by atomic mass is 32.1. The Hall–Kier alpha value is -0.790. The van der Waals surface area contributed by atoms with Crippen LogP contribution in [0.5, 0.6) is 5.75 Å². The maximum absolute atomic E-state index is 6.42. The summed E-state index contributed by atoms with van der Waals surface area (Å²) in [5.74, 6) is 1.40. The first-order valence-corrected chi connectivity index (χ1v) is 10.5. The average molecular weight is 393 g/mol. The van der Waals surface area contributed by atoms with Crippen LogP contribution in [0.15, 0.2) is 29.2 Å². The Kier molecular flexibility index (Phi) is 4.30. The SMILES string of the molecule is C[C@H]1[C@@H](Oc2ccc(S)cc2)O[C@@H]2O[C@]3(C)CC[C@H]4[C@H](C)CC[C@@H]1[C@@]24OO3. The van der Waals surface area contributed by atoms with Crippen molar-refractivity contribution in [3.8, 4) is 5.75 Å². The lowest BCUT2D eigenvalue weighted by Gasteiger charge is -2.60. The summed E-state index contributed by atoms with van der Waals surface area (Å²) in [7, 11) is 0. The fraction of sp³-hybridized carbons (Fsp3) is 0.714. The molecule has 6 rings (SSSR count). The van der Waals surface area contributed by atoms with Crippen molar-refractivity contribution >= 4 is 12.6 Å². The molecule has 6 heteroatoms. The predicted octanol–water partition coefficient (Wildman–Crippen LogP) is 4.56. The lowest BCUT2D eigenvalue weighted by atomic mass is 9.58. The summed E-state index contributed by atoms with van der Waals surface area (Å²) in [4.78, 5) is 12.9. The first-order valence-electron chi connectivity index (χ1n) is 10.1. The Labute approximate surface area is 166 Å². The van der Waals surface area contributed by atoms with E-state index in [4.69, 9.17) is 24.0 Å². The average Bonchev–Trinajstić information content (AvgIpc) is 2.87. The maximum atomic E-state index is 6.42. The third kappa shape index (κ3) is 2.76. The summed E-state index contributed by atoms with van der Waals surface area (Å²) in [5, 5.41) is 0. The van der Waals surface area contributed by atoms with Gasteiger partial charge in [0.05, 0.1) is 0 Å². The van der Waals surface area contributed by atoms with Crippen molar-refractivity contribution in [1.82, 2.24) is 0 Å². The fourth-order valence-electron chi connectivity index (χ4n) is 5.67. The van der Waals surface area contributed by atoms with Crippen LogP contribution in [0.2, 0.25) is 0 Å². The monoisotopic (exact) mass is 392 g/mol. The molecular weight excluding hydrogens is 364 g/mol. The number of benzene rings is 1. The Morgan fingerprint density at radius 2 is 1.81 bits per heavy atom. The molecule has 27 heavy (non-hydrogen) atoms. The minimum Gasteiger partial charge on any atom is -0.465 e. The van der Waals surface area contributed by atoms with E-state index in [2.05, 4.69) is 26.5 Å². The van der Waals surface area contributed by atoms with E-state index >= 15 is 0 Å². The highest BCUT2D eigenvalue weighted by Crippen LogP contribution is 2.60. The fourth-order valence-corrected chi connectivity index (χ4v) is 5.81. The molecular formula is C21H28O5S. The van der Waals surface area contributed by atoms with Gasteiger partial charge in [0.15, 0.2) is 11.9 Å². The second-order valence-corrected chi connectivity index (χ2v) is 9.40. The van der Waals surface area contributed by atoms with Gasteiger partial charge in [-0.05, 0) is 62.3 Å². The van der Waals surface area contributed by atoms with E-state index in [-0.39, 0.29) is 18.1 Å². The molecule has 1 aliphatic carbocycles. The van der Waals surface area contributed by atoms with E-state index in [9.17, 15) is 0 Å². The number of rotatable bonds is 2. The number of fused-ring (bicyclic) bond motifs is 2. The topological polar surface area (TPSA) is 46.2 Å². The third-order valence-corrected chi connectivity index (χ3v) is 7.48. The number of hydrogen-bond acceptors (Lipinski definition) is 6. The molecule has 1 spiro atoms. The van der Waals surface area contributed by atoms with Crippen LogP contribution < -0.4 is 4.74 Å². The van der Waals surface area contributed by atoms with E-state index < -0.39 is 17.7 Å². The first kappa shape index (κ1) is 18.3. The van der Waals surface area contributed by atoms with E-state index in [0.717, 1.165) is 29.9 Å². The summed E-state index contributed by atoms with van der Waals surface area (Å²) < 4.78 is 19.0. The molecule has 4 aliphatic heterocycles. The molecule has 5 nitrogen and oxygen atoms in total. The molecule has 0 radical (unpaired) electrons.